The van der Waals surface area contributed by atoms with Crippen LogP contribution in [0.1, 0.15) is 26.3 Å². The Morgan fingerprint density at radius 2 is 1.86 bits per heavy atom. The van der Waals surface area contributed by atoms with Crippen LogP contribution in [0.3, 0.4) is 0 Å². The molecule has 1 aromatic rings. The molecule has 3 N–H and O–H groups in total. The van der Waals surface area contributed by atoms with Gasteiger partial charge in [-0.25, -0.2) is 8.42 Å². The highest BCUT2D eigenvalue weighted by Crippen LogP contribution is 2.24. The number of sulfonamides is 1. The lowest BCUT2D eigenvalue weighted by atomic mass is 9.84. The van der Waals surface area contributed by atoms with Crippen LogP contribution in [0.4, 0.5) is 5.69 Å². The molecule has 0 radical (unpaired) electrons. The number of hydrogen-bond donors (Lipinski definition) is 2. The van der Waals surface area contributed by atoms with E-state index in [1.54, 1.807) is 45.0 Å². The average Bonchev–Trinajstić information content (AvgIpc) is 2.37. The van der Waals surface area contributed by atoms with Crippen molar-refractivity contribution < 1.29 is 17.9 Å². The molecule has 0 unspecified atom stereocenters. The van der Waals surface area contributed by atoms with Crippen molar-refractivity contribution in [1.82, 2.24) is 0 Å². The Bertz CT molecular complexity index is 594. The number of amides is 1. The second kappa shape index (κ2) is 6.44. The second-order valence-corrected chi connectivity index (χ2v) is 7.26. The summed E-state index contributed by atoms with van der Waals surface area (Å²) in [6, 6.07) is 6.58. The molecule has 0 saturated carbocycles. The van der Waals surface area contributed by atoms with E-state index in [-0.39, 0.29) is 5.75 Å². The topological polar surface area (TPSA) is 98.5 Å². The summed E-state index contributed by atoms with van der Waals surface area (Å²) >= 11 is 0. The third-order valence-corrected chi connectivity index (χ3v) is 4.81. The predicted molar refractivity (Wildman–Crippen MR) is 82.5 cm³/mol. The molecule has 7 heteroatoms. The molecule has 0 heterocycles. The van der Waals surface area contributed by atoms with E-state index < -0.39 is 27.4 Å². The van der Waals surface area contributed by atoms with Gasteiger partial charge in [0.1, 0.15) is 0 Å². The summed E-state index contributed by atoms with van der Waals surface area (Å²) in [5.74, 6) is -0.567. The van der Waals surface area contributed by atoms with E-state index in [0.29, 0.717) is 5.69 Å². The molecule has 0 aliphatic heterocycles. The van der Waals surface area contributed by atoms with Crippen LogP contribution in [0, 0.1) is 0 Å². The van der Waals surface area contributed by atoms with Gasteiger partial charge in [-0.1, -0.05) is 12.1 Å². The van der Waals surface area contributed by atoms with E-state index in [9.17, 15) is 13.2 Å². The summed E-state index contributed by atoms with van der Waals surface area (Å²) < 4.78 is 31.2. The van der Waals surface area contributed by atoms with E-state index in [4.69, 9.17) is 10.5 Å². The Hall–Kier alpha value is -1.60. The number of ether oxygens (including phenoxy) is 1. The number of benzene rings is 1. The van der Waals surface area contributed by atoms with Crippen LogP contribution in [-0.2, 0) is 25.0 Å². The van der Waals surface area contributed by atoms with Gasteiger partial charge in [0, 0.05) is 12.8 Å². The Balaban J connectivity index is 2.87. The molecule has 1 atom stereocenters. The molecule has 0 spiro atoms. The van der Waals surface area contributed by atoms with Crippen molar-refractivity contribution in [2.75, 3.05) is 17.6 Å². The molecule has 1 rings (SSSR count). The molecule has 21 heavy (non-hydrogen) atoms. The van der Waals surface area contributed by atoms with Gasteiger partial charge >= 0.3 is 0 Å². The van der Waals surface area contributed by atoms with E-state index in [1.165, 1.54) is 7.11 Å². The van der Waals surface area contributed by atoms with Crippen LogP contribution >= 0.6 is 0 Å². The monoisotopic (exact) mass is 314 g/mol. The molecule has 0 aromatic heterocycles. The number of carbonyl (C=O) groups is 1. The summed E-state index contributed by atoms with van der Waals surface area (Å²) in [4.78, 5) is 11.4. The number of methoxy groups -OCH3 is 1. The van der Waals surface area contributed by atoms with Crippen LogP contribution in [0.2, 0.25) is 0 Å². The van der Waals surface area contributed by atoms with Crippen molar-refractivity contribution in [3.8, 4) is 0 Å². The Labute approximate surface area is 125 Å². The van der Waals surface area contributed by atoms with E-state index >= 15 is 0 Å². The average molecular weight is 314 g/mol. The zero-order valence-corrected chi connectivity index (χ0v) is 13.5. The van der Waals surface area contributed by atoms with Gasteiger partial charge in [-0.15, -0.1) is 0 Å². The maximum Gasteiger partial charge on any atom is 0.235 e. The summed E-state index contributed by atoms with van der Waals surface area (Å²) in [6.07, 6.45) is -0.393. The van der Waals surface area contributed by atoms with Gasteiger partial charge in [-0.05, 0) is 38.5 Å². The van der Waals surface area contributed by atoms with Gasteiger partial charge in [0.25, 0.3) is 0 Å². The highest BCUT2D eigenvalue weighted by Gasteiger charge is 2.27. The highest BCUT2D eigenvalue weighted by molar-refractivity contribution is 7.92. The predicted octanol–water partition coefficient (Wildman–Crippen LogP) is 1.23. The SMILES string of the molecule is CO[C@@H](C)CS(=O)(=O)Nc1ccc(C(C)(C)C(N)=O)cc1. The third kappa shape index (κ3) is 4.71. The van der Waals surface area contributed by atoms with Crippen molar-refractivity contribution in [2.24, 2.45) is 5.73 Å². The van der Waals surface area contributed by atoms with Crippen LogP contribution in [0.15, 0.2) is 24.3 Å². The Morgan fingerprint density at radius 3 is 2.29 bits per heavy atom. The maximum absolute atomic E-state index is 11.9. The number of nitrogens with one attached hydrogen (secondary N) is 1. The number of primary amides is 1. The van der Waals surface area contributed by atoms with Gasteiger partial charge in [0.2, 0.25) is 15.9 Å². The van der Waals surface area contributed by atoms with Crippen molar-refractivity contribution in [3.63, 3.8) is 0 Å². The lowest BCUT2D eigenvalue weighted by molar-refractivity contribution is -0.122. The fourth-order valence-electron chi connectivity index (χ4n) is 1.70. The van der Waals surface area contributed by atoms with Crippen molar-refractivity contribution in [2.45, 2.75) is 32.3 Å². The molecule has 0 saturated heterocycles. The molecule has 0 fully saturated rings. The molecule has 118 valence electrons. The van der Waals surface area contributed by atoms with Crippen LogP contribution in [0.25, 0.3) is 0 Å². The minimum atomic E-state index is -3.48. The standard InChI is InChI=1S/C14H22N2O4S/c1-10(20-4)9-21(18,19)16-12-7-5-11(6-8-12)14(2,3)13(15)17/h5-8,10,16H,9H2,1-4H3,(H2,15,17)/t10-/m0/s1. The fraction of sp³-hybridized carbons (Fsp3) is 0.500. The zero-order valence-electron chi connectivity index (χ0n) is 12.7. The van der Waals surface area contributed by atoms with Gasteiger partial charge < -0.3 is 10.5 Å². The lowest BCUT2D eigenvalue weighted by Crippen LogP contribution is -2.35. The van der Waals surface area contributed by atoms with Gasteiger partial charge in [0.05, 0.1) is 17.3 Å². The largest absolute Gasteiger partial charge is 0.381 e. The van der Waals surface area contributed by atoms with E-state index in [2.05, 4.69) is 4.72 Å². The van der Waals surface area contributed by atoms with Crippen molar-refractivity contribution >= 4 is 21.6 Å². The molecule has 0 aliphatic carbocycles. The van der Waals surface area contributed by atoms with Crippen molar-refractivity contribution in [1.29, 1.82) is 0 Å². The van der Waals surface area contributed by atoms with Gasteiger partial charge in [-0.2, -0.15) is 0 Å². The van der Waals surface area contributed by atoms with Gasteiger partial charge in [-0.3, -0.25) is 9.52 Å². The lowest BCUT2D eigenvalue weighted by Gasteiger charge is -2.21. The third-order valence-electron chi connectivity index (χ3n) is 3.35. The van der Waals surface area contributed by atoms with Crippen LogP contribution in [0.5, 0.6) is 0 Å². The van der Waals surface area contributed by atoms with Crippen molar-refractivity contribution in [3.05, 3.63) is 29.8 Å². The highest BCUT2D eigenvalue weighted by atomic mass is 32.2. The quantitative estimate of drug-likeness (QED) is 0.790. The van der Waals surface area contributed by atoms with Crippen LogP contribution < -0.4 is 10.5 Å². The molecule has 1 aromatic carbocycles. The number of carbonyl (C=O) groups excluding carboxylic acids is 1. The van der Waals surface area contributed by atoms with Gasteiger partial charge in [0.15, 0.2) is 0 Å². The first kappa shape index (κ1) is 17.5. The molecular weight excluding hydrogens is 292 g/mol. The molecule has 1 amide bonds. The summed E-state index contributed by atoms with van der Waals surface area (Å²) in [5.41, 5.74) is 5.70. The summed E-state index contributed by atoms with van der Waals surface area (Å²) in [5, 5.41) is 0. The second-order valence-electron chi connectivity index (χ2n) is 5.50. The van der Waals surface area contributed by atoms with Crippen LogP contribution in [-0.4, -0.2) is 33.3 Å². The maximum atomic E-state index is 11.9. The Morgan fingerprint density at radius 1 is 1.33 bits per heavy atom. The first-order valence-corrected chi connectivity index (χ1v) is 8.17. The number of rotatable bonds is 7. The molecule has 0 aliphatic rings. The smallest absolute Gasteiger partial charge is 0.235 e. The molecular formula is C14H22N2O4S. The molecule has 0 bridgehead atoms. The van der Waals surface area contributed by atoms with E-state index in [0.717, 1.165) is 5.56 Å². The normalized spacial score (nSPS) is 13.7. The minimum Gasteiger partial charge on any atom is -0.381 e. The summed E-state index contributed by atoms with van der Waals surface area (Å²) in [7, 11) is -2.02. The van der Waals surface area contributed by atoms with E-state index in [1.807, 2.05) is 0 Å². The number of anilines is 1. The molecule has 6 nitrogen and oxygen atoms in total. The fourth-order valence-corrected chi connectivity index (χ4v) is 3.03. The number of nitrogens with two attached hydrogens (primary N) is 1. The first-order valence-electron chi connectivity index (χ1n) is 6.52. The Kier molecular flexibility index (Phi) is 5.36. The number of hydrogen-bond acceptors (Lipinski definition) is 4. The zero-order chi connectivity index (χ0) is 16.3. The minimum absolute atomic E-state index is 0.127. The first-order chi connectivity index (χ1) is 9.58. The summed E-state index contributed by atoms with van der Waals surface area (Å²) in [6.45, 7) is 5.11.